The fourth-order valence-corrected chi connectivity index (χ4v) is 3.35. The van der Waals surface area contributed by atoms with Gasteiger partial charge < -0.3 is 9.64 Å². The van der Waals surface area contributed by atoms with Crippen LogP contribution in [-0.2, 0) is 4.79 Å². The Labute approximate surface area is 150 Å². The Morgan fingerprint density at radius 2 is 2.35 bits per heavy atom. The zero-order valence-corrected chi connectivity index (χ0v) is 14.7. The number of H-pyrrole nitrogens is 1. The first-order chi connectivity index (χ1) is 12.5. The Balaban J connectivity index is 1.59. The van der Waals surface area contributed by atoms with Gasteiger partial charge in [0, 0.05) is 37.7 Å². The highest BCUT2D eigenvalue weighted by atomic mass is 16.5. The van der Waals surface area contributed by atoms with E-state index in [4.69, 9.17) is 4.74 Å². The number of hydrogen-bond donors (Lipinski definition) is 1. The molecule has 1 saturated carbocycles. The van der Waals surface area contributed by atoms with Crippen LogP contribution in [0.2, 0.25) is 0 Å². The lowest BCUT2D eigenvalue weighted by molar-refractivity contribution is -0.133. The lowest BCUT2D eigenvalue weighted by Crippen LogP contribution is -2.56. The Hall–Kier alpha value is -3.16. The smallest absolute Gasteiger partial charge is 0.245 e. The van der Waals surface area contributed by atoms with Crippen LogP contribution in [0.5, 0.6) is 5.88 Å². The summed E-state index contributed by atoms with van der Waals surface area (Å²) in [5, 5.41) is 11.1. The van der Waals surface area contributed by atoms with Gasteiger partial charge in [0.2, 0.25) is 11.8 Å². The largest absolute Gasteiger partial charge is 0.470 e. The topological polar surface area (TPSA) is 88.4 Å². The molecular weight excluding hydrogens is 332 g/mol. The number of rotatable bonds is 5. The number of aromatic amines is 1. The third-order valence-corrected chi connectivity index (χ3v) is 4.90. The summed E-state index contributed by atoms with van der Waals surface area (Å²) in [5.74, 6) is 0.454. The first kappa shape index (κ1) is 16.3. The van der Waals surface area contributed by atoms with Crippen LogP contribution in [-0.4, -0.2) is 54.3 Å². The van der Waals surface area contributed by atoms with Gasteiger partial charge >= 0.3 is 0 Å². The Bertz CT molecular complexity index is 955. The quantitative estimate of drug-likeness (QED) is 0.710. The van der Waals surface area contributed by atoms with Gasteiger partial charge in [-0.3, -0.25) is 9.89 Å². The second-order valence-electron chi connectivity index (χ2n) is 6.85. The highest BCUT2D eigenvalue weighted by Crippen LogP contribution is 2.40. The summed E-state index contributed by atoms with van der Waals surface area (Å²) < 4.78 is 8.02. The van der Waals surface area contributed by atoms with E-state index in [1.165, 1.54) is 6.08 Å². The van der Waals surface area contributed by atoms with Crippen molar-refractivity contribution in [3.8, 4) is 17.1 Å². The number of nitrogens with zero attached hydrogens (tertiary/aromatic N) is 5. The first-order valence-corrected chi connectivity index (χ1v) is 8.41. The molecule has 1 aliphatic rings. The van der Waals surface area contributed by atoms with Crippen molar-refractivity contribution in [1.29, 1.82) is 0 Å². The van der Waals surface area contributed by atoms with E-state index in [-0.39, 0.29) is 17.6 Å². The van der Waals surface area contributed by atoms with Gasteiger partial charge in [-0.1, -0.05) is 6.58 Å². The molecule has 4 rings (SSSR count). The van der Waals surface area contributed by atoms with Crippen LogP contribution in [0.25, 0.3) is 16.8 Å². The summed E-state index contributed by atoms with van der Waals surface area (Å²) >= 11 is 0. The summed E-state index contributed by atoms with van der Waals surface area (Å²) in [6, 6.07) is 2.01. The van der Waals surface area contributed by atoms with Crippen molar-refractivity contribution in [2.75, 3.05) is 7.05 Å². The van der Waals surface area contributed by atoms with E-state index >= 15 is 0 Å². The molecule has 0 bridgehead atoms. The Morgan fingerprint density at radius 3 is 3.04 bits per heavy atom. The molecule has 8 heteroatoms. The molecule has 0 atom stereocenters. The maximum atomic E-state index is 11.8. The van der Waals surface area contributed by atoms with Gasteiger partial charge in [0.25, 0.3) is 0 Å². The molecule has 0 unspecified atom stereocenters. The van der Waals surface area contributed by atoms with E-state index in [1.807, 2.05) is 19.2 Å². The summed E-state index contributed by atoms with van der Waals surface area (Å²) in [7, 11) is 1.79. The van der Waals surface area contributed by atoms with Crippen molar-refractivity contribution >= 4 is 11.4 Å². The van der Waals surface area contributed by atoms with Crippen molar-refractivity contribution in [1.82, 2.24) is 29.7 Å². The van der Waals surface area contributed by atoms with Crippen LogP contribution in [0.3, 0.4) is 0 Å². The van der Waals surface area contributed by atoms with Gasteiger partial charge in [0.1, 0.15) is 11.1 Å². The predicted octanol–water partition coefficient (Wildman–Crippen LogP) is 2.06. The number of carbonyl (C=O) groups excluding carboxylic acids is 1. The van der Waals surface area contributed by atoms with E-state index in [1.54, 1.807) is 35.1 Å². The summed E-state index contributed by atoms with van der Waals surface area (Å²) in [5.41, 5.74) is 2.01. The highest BCUT2D eigenvalue weighted by Gasteiger charge is 2.45. The number of amides is 1. The van der Waals surface area contributed by atoms with Gasteiger partial charge in [0.05, 0.1) is 24.3 Å². The van der Waals surface area contributed by atoms with Crippen molar-refractivity contribution in [2.24, 2.45) is 0 Å². The Morgan fingerprint density at radius 1 is 1.54 bits per heavy atom. The standard InChI is InChI=1S/C18H20N6O2/c1-4-16(25)23(3)13-7-18(2,8-13)26-17-15-5-6-21-24(15)11-14(22-17)12-9-19-20-10-12/h4-6,9-11,13H,1,7-8H2,2-3H3,(H,19,20)/t13-,18+. The average Bonchev–Trinajstić information content (AvgIpc) is 3.29. The molecule has 3 heterocycles. The normalized spacial score (nSPS) is 22.0. The number of fused-ring (bicyclic) bond motifs is 1. The fraction of sp³-hybridized carbons (Fsp3) is 0.333. The molecule has 134 valence electrons. The number of aromatic nitrogens is 5. The summed E-state index contributed by atoms with van der Waals surface area (Å²) in [6.45, 7) is 5.58. The van der Waals surface area contributed by atoms with E-state index in [0.29, 0.717) is 5.88 Å². The lowest BCUT2D eigenvalue weighted by Gasteiger charge is -2.48. The summed E-state index contributed by atoms with van der Waals surface area (Å²) in [4.78, 5) is 18.1. The van der Waals surface area contributed by atoms with Gasteiger partial charge in [-0.05, 0) is 19.1 Å². The van der Waals surface area contributed by atoms with Crippen LogP contribution in [0.15, 0.2) is 43.5 Å². The molecule has 1 amide bonds. The van der Waals surface area contributed by atoms with Gasteiger partial charge in [-0.25, -0.2) is 9.50 Å². The van der Waals surface area contributed by atoms with Crippen molar-refractivity contribution in [3.05, 3.63) is 43.5 Å². The van der Waals surface area contributed by atoms with Crippen LogP contribution >= 0.6 is 0 Å². The molecular formula is C18H20N6O2. The second-order valence-corrected chi connectivity index (χ2v) is 6.85. The van der Waals surface area contributed by atoms with E-state index < -0.39 is 0 Å². The van der Waals surface area contributed by atoms with Crippen LogP contribution < -0.4 is 4.74 Å². The number of likely N-dealkylation sites (N-methyl/N-ethyl adjacent to an activating group) is 1. The van der Waals surface area contributed by atoms with Gasteiger partial charge in [0.15, 0.2) is 0 Å². The molecule has 0 aliphatic heterocycles. The van der Waals surface area contributed by atoms with Gasteiger partial charge in [-0.2, -0.15) is 10.2 Å². The minimum atomic E-state index is -0.382. The molecule has 26 heavy (non-hydrogen) atoms. The van der Waals surface area contributed by atoms with E-state index in [2.05, 4.69) is 26.9 Å². The molecule has 1 fully saturated rings. The van der Waals surface area contributed by atoms with Crippen LogP contribution in [0.1, 0.15) is 19.8 Å². The van der Waals surface area contributed by atoms with Crippen LogP contribution in [0, 0.1) is 0 Å². The zero-order valence-electron chi connectivity index (χ0n) is 14.7. The molecule has 0 saturated heterocycles. The van der Waals surface area contributed by atoms with Crippen molar-refractivity contribution in [2.45, 2.75) is 31.4 Å². The fourth-order valence-electron chi connectivity index (χ4n) is 3.35. The van der Waals surface area contributed by atoms with E-state index in [0.717, 1.165) is 29.6 Å². The first-order valence-electron chi connectivity index (χ1n) is 8.41. The zero-order chi connectivity index (χ0) is 18.3. The number of nitrogens with one attached hydrogen (secondary N) is 1. The number of hydrogen-bond acceptors (Lipinski definition) is 5. The highest BCUT2D eigenvalue weighted by molar-refractivity contribution is 5.87. The molecule has 3 aromatic rings. The molecule has 1 N–H and O–H groups in total. The molecule has 3 aromatic heterocycles. The van der Waals surface area contributed by atoms with Crippen LogP contribution in [0.4, 0.5) is 0 Å². The molecule has 0 radical (unpaired) electrons. The minimum Gasteiger partial charge on any atom is -0.470 e. The van der Waals surface area contributed by atoms with Crippen molar-refractivity contribution in [3.63, 3.8) is 0 Å². The Kier molecular flexibility index (Phi) is 3.75. The maximum absolute atomic E-state index is 11.8. The summed E-state index contributed by atoms with van der Waals surface area (Å²) in [6.07, 6.45) is 9.85. The maximum Gasteiger partial charge on any atom is 0.245 e. The average molecular weight is 352 g/mol. The predicted molar refractivity (Wildman–Crippen MR) is 95.6 cm³/mol. The third-order valence-electron chi connectivity index (χ3n) is 4.90. The van der Waals surface area contributed by atoms with Crippen molar-refractivity contribution < 1.29 is 9.53 Å². The minimum absolute atomic E-state index is 0.0738. The molecule has 0 aromatic carbocycles. The number of carbonyl (C=O) groups is 1. The monoisotopic (exact) mass is 352 g/mol. The third kappa shape index (κ3) is 2.73. The molecule has 1 aliphatic carbocycles. The molecule has 8 nitrogen and oxygen atoms in total. The van der Waals surface area contributed by atoms with Gasteiger partial charge in [-0.15, -0.1) is 0 Å². The SMILES string of the molecule is C=CC(=O)N(C)[C@H]1C[C@@](C)(Oc2nc(-c3cn[nH]c3)cn3nccc23)C1. The number of ether oxygens (including phenoxy) is 1. The lowest BCUT2D eigenvalue weighted by atomic mass is 9.76. The van der Waals surface area contributed by atoms with E-state index in [9.17, 15) is 4.79 Å². The molecule has 0 spiro atoms. The second kappa shape index (κ2) is 5.98.